The molecule has 6 aromatic rings. The lowest BCUT2D eigenvalue weighted by Crippen LogP contribution is -1.81. The fourth-order valence-electron chi connectivity index (χ4n) is 4.20. The largest absolute Gasteiger partial charge is 0.354 e. The number of halogens is 2. The third-order valence-electron chi connectivity index (χ3n) is 5.94. The van der Waals surface area contributed by atoms with Gasteiger partial charge in [-0.1, -0.05) is 83.9 Å². The van der Waals surface area contributed by atoms with Crippen LogP contribution in [0.1, 0.15) is 0 Å². The summed E-state index contributed by atoms with van der Waals surface area (Å²) in [4.78, 5) is 15.6. The highest BCUT2D eigenvalue weighted by molar-refractivity contribution is 6.36. The van der Waals surface area contributed by atoms with Crippen LogP contribution in [0.25, 0.3) is 44.3 Å². The smallest absolute Gasteiger partial charge is 0.101 e. The SMILES string of the molecule is Clc1c(N=C=Nc2cccc(-c3cc4ccccc4[nH]3)c2Cl)cccc1-c1cc2ccccc2[nH]1. The Labute approximate surface area is 211 Å². The average Bonchev–Trinajstić information content (AvgIpc) is 3.50. The summed E-state index contributed by atoms with van der Waals surface area (Å²) in [6.45, 7) is 0. The molecule has 168 valence electrons. The van der Waals surface area contributed by atoms with Gasteiger partial charge < -0.3 is 9.97 Å². The quantitative estimate of drug-likeness (QED) is 0.230. The van der Waals surface area contributed by atoms with Gasteiger partial charge in [0.05, 0.1) is 21.4 Å². The molecule has 2 aromatic heterocycles. The van der Waals surface area contributed by atoms with Gasteiger partial charge in [0, 0.05) is 44.3 Å². The van der Waals surface area contributed by atoms with Crippen molar-refractivity contribution in [3.8, 4) is 22.5 Å². The summed E-state index contributed by atoms with van der Waals surface area (Å²) in [6, 6.07) is 34.6. The van der Waals surface area contributed by atoms with Gasteiger partial charge in [-0.05, 0) is 36.4 Å². The highest BCUT2D eigenvalue weighted by atomic mass is 35.5. The van der Waals surface area contributed by atoms with Gasteiger partial charge in [-0.25, -0.2) is 0 Å². The number of nitrogens with zero attached hydrogens (tertiary/aromatic N) is 2. The van der Waals surface area contributed by atoms with Crippen molar-refractivity contribution in [2.45, 2.75) is 0 Å². The first-order chi connectivity index (χ1) is 17.2. The molecule has 4 nitrogen and oxygen atoms in total. The van der Waals surface area contributed by atoms with Gasteiger partial charge in [0.2, 0.25) is 0 Å². The molecule has 4 aromatic carbocycles. The Morgan fingerprint density at radius 3 is 1.46 bits per heavy atom. The number of aromatic amines is 2. The van der Waals surface area contributed by atoms with Crippen molar-refractivity contribution in [3.63, 3.8) is 0 Å². The Hall–Kier alpha value is -4.08. The van der Waals surface area contributed by atoms with Crippen molar-refractivity contribution in [2.24, 2.45) is 9.98 Å². The number of nitrogens with one attached hydrogen (secondary N) is 2. The molecule has 0 aliphatic heterocycles. The number of benzene rings is 4. The van der Waals surface area contributed by atoms with Crippen molar-refractivity contribution >= 4 is 62.4 Å². The molecule has 6 heteroatoms. The summed E-state index contributed by atoms with van der Waals surface area (Å²) in [5.41, 5.74) is 6.86. The molecule has 0 radical (unpaired) electrons. The van der Waals surface area contributed by atoms with Crippen LogP contribution in [0.15, 0.2) is 107 Å². The summed E-state index contributed by atoms with van der Waals surface area (Å²) in [5, 5.41) is 3.30. The van der Waals surface area contributed by atoms with Crippen LogP contribution >= 0.6 is 23.2 Å². The van der Waals surface area contributed by atoms with Gasteiger partial charge in [-0.15, -0.1) is 0 Å². The summed E-state index contributed by atoms with van der Waals surface area (Å²) in [7, 11) is 0. The summed E-state index contributed by atoms with van der Waals surface area (Å²) < 4.78 is 0. The van der Waals surface area contributed by atoms with E-state index in [2.05, 4.69) is 50.2 Å². The van der Waals surface area contributed by atoms with Crippen molar-refractivity contribution in [1.82, 2.24) is 9.97 Å². The topological polar surface area (TPSA) is 56.3 Å². The monoisotopic (exact) mass is 492 g/mol. The number of para-hydroxylation sites is 2. The number of aliphatic imine (C=N–C) groups is 2. The van der Waals surface area contributed by atoms with E-state index in [1.54, 1.807) is 0 Å². The minimum absolute atomic E-state index is 0.527. The molecule has 0 atom stereocenters. The fraction of sp³-hybridized carbons (Fsp3) is 0. The van der Waals surface area contributed by atoms with E-state index in [9.17, 15) is 0 Å². The predicted molar refractivity (Wildman–Crippen MR) is 147 cm³/mol. The third-order valence-corrected chi connectivity index (χ3v) is 6.73. The minimum atomic E-state index is 0.527. The Balaban J connectivity index is 1.33. The molecule has 0 unspecified atom stereocenters. The zero-order chi connectivity index (χ0) is 23.8. The van der Waals surface area contributed by atoms with Crippen molar-refractivity contribution in [2.75, 3.05) is 0 Å². The van der Waals surface area contributed by atoms with Crippen molar-refractivity contribution in [3.05, 3.63) is 107 Å². The van der Waals surface area contributed by atoms with E-state index in [0.29, 0.717) is 21.4 Å². The summed E-state index contributed by atoms with van der Waals surface area (Å²) in [6.07, 6.45) is 0. The van der Waals surface area contributed by atoms with Crippen LogP contribution in [0.5, 0.6) is 0 Å². The van der Waals surface area contributed by atoms with Gasteiger partial charge in [-0.2, -0.15) is 9.98 Å². The Morgan fingerprint density at radius 2 is 1.00 bits per heavy atom. The standard InChI is InChI=1S/C29H18Cl2N4/c30-28-20(26-15-18-7-1-3-11-22(18)34-26)9-5-13-24(28)32-17-33-25-14-6-10-21(29(25)31)27-16-19-8-2-4-12-23(19)35-27/h1-16,34-35H. The molecule has 0 aliphatic carbocycles. The van der Waals surface area contributed by atoms with Gasteiger partial charge >= 0.3 is 0 Å². The lowest BCUT2D eigenvalue weighted by atomic mass is 10.1. The zero-order valence-corrected chi connectivity index (χ0v) is 19.9. The molecule has 35 heavy (non-hydrogen) atoms. The molecule has 0 saturated heterocycles. The summed E-state index contributed by atoms with van der Waals surface area (Å²) >= 11 is 13.4. The first-order valence-electron chi connectivity index (χ1n) is 11.1. The van der Waals surface area contributed by atoms with E-state index in [1.807, 2.05) is 72.8 Å². The maximum atomic E-state index is 6.70. The lowest BCUT2D eigenvalue weighted by Gasteiger charge is -2.04. The number of hydrogen-bond acceptors (Lipinski definition) is 2. The van der Waals surface area contributed by atoms with Crippen LogP contribution in [0.4, 0.5) is 11.4 Å². The maximum absolute atomic E-state index is 6.70. The Bertz CT molecular complexity index is 1580. The van der Waals surface area contributed by atoms with Gasteiger partial charge in [0.15, 0.2) is 0 Å². The van der Waals surface area contributed by atoms with Crippen LogP contribution in [-0.2, 0) is 0 Å². The molecule has 0 saturated carbocycles. The second-order valence-corrected chi connectivity index (χ2v) is 8.90. The molecular formula is C29H18Cl2N4. The van der Waals surface area contributed by atoms with Crippen LogP contribution in [0, 0.1) is 0 Å². The van der Waals surface area contributed by atoms with E-state index in [4.69, 9.17) is 23.2 Å². The highest BCUT2D eigenvalue weighted by Crippen LogP contribution is 2.37. The fourth-order valence-corrected chi connectivity index (χ4v) is 4.74. The lowest BCUT2D eigenvalue weighted by molar-refractivity contribution is 1.43. The van der Waals surface area contributed by atoms with E-state index in [0.717, 1.165) is 44.3 Å². The van der Waals surface area contributed by atoms with Crippen molar-refractivity contribution in [1.29, 1.82) is 0 Å². The Kier molecular flexibility index (Phi) is 5.48. The predicted octanol–water partition coefficient (Wildman–Crippen LogP) is 9.43. The average molecular weight is 493 g/mol. The second-order valence-electron chi connectivity index (χ2n) is 8.14. The highest BCUT2D eigenvalue weighted by Gasteiger charge is 2.11. The van der Waals surface area contributed by atoms with E-state index in [-0.39, 0.29) is 0 Å². The number of rotatable bonds is 4. The summed E-state index contributed by atoms with van der Waals surface area (Å²) in [5.74, 6) is 0. The van der Waals surface area contributed by atoms with E-state index in [1.165, 1.54) is 0 Å². The Morgan fingerprint density at radius 1 is 0.543 bits per heavy atom. The first kappa shape index (κ1) is 21.5. The van der Waals surface area contributed by atoms with Crippen LogP contribution in [-0.4, -0.2) is 16.0 Å². The molecule has 0 aliphatic rings. The molecule has 2 heterocycles. The van der Waals surface area contributed by atoms with E-state index >= 15 is 0 Å². The molecule has 0 amide bonds. The normalized spacial score (nSPS) is 11.0. The number of hydrogen-bond donors (Lipinski definition) is 2. The number of fused-ring (bicyclic) bond motifs is 2. The molecule has 0 bridgehead atoms. The maximum Gasteiger partial charge on any atom is 0.101 e. The van der Waals surface area contributed by atoms with Gasteiger partial charge in [-0.3, -0.25) is 0 Å². The second kappa shape index (κ2) is 8.94. The number of H-pyrrole nitrogens is 2. The third kappa shape index (κ3) is 4.05. The molecule has 2 N–H and O–H groups in total. The van der Waals surface area contributed by atoms with Crippen LogP contribution in [0.2, 0.25) is 10.0 Å². The zero-order valence-electron chi connectivity index (χ0n) is 18.4. The minimum Gasteiger partial charge on any atom is -0.354 e. The molecular weight excluding hydrogens is 475 g/mol. The van der Waals surface area contributed by atoms with Crippen molar-refractivity contribution < 1.29 is 0 Å². The van der Waals surface area contributed by atoms with Gasteiger partial charge in [0.25, 0.3) is 0 Å². The van der Waals surface area contributed by atoms with E-state index < -0.39 is 0 Å². The van der Waals surface area contributed by atoms with Crippen LogP contribution < -0.4 is 0 Å². The molecule has 6 rings (SSSR count). The first-order valence-corrected chi connectivity index (χ1v) is 11.8. The number of aromatic nitrogens is 2. The van der Waals surface area contributed by atoms with Gasteiger partial charge in [0.1, 0.15) is 6.01 Å². The van der Waals surface area contributed by atoms with Crippen LogP contribution in [0.3, 0.4) is 0 Å². The molecule has 0 spiro atoms. The molecule has 0 fully saturated rings.